The number of rotatable bonds is 1. The van der Waals surface area contributed by atoms with Crippen molar-refractivity contribution in [2.75, 3.05) is 0 Å². The maximum Gasteiger partial charge on any atom is 0.242 e. The van der Waals surface area contributed by atoms with Gasteiger partial charge in [0.25, 0.3) is 0 Å². The van der Waals surface area contributed by atoms with Crippen LogP contribution in [0, 0.1) is 0 Å². The molecule has 72 valence electrons. The van der Waals surface area contributed by atoms with Crippen molar-refractivity contribution in [1.29, 1.82) is 0 Å². The molecule has 13 heavy (non-hydrogen) atoms. The van der Waals surface area contributed by atoms with Crippen molar-refractivity contribution in [3.8, 4) is 0 Å². The molecular weight excluding hydrogens is 186 g/mol. The second-order valence-electron chi connectivity index (χ2n) is 3.70. The van der Waals surface area contributed by atoms with Crippen LogP contribution in [0.3, 0.4) is 0 Å². The Morgan fingerprint density at radius 1 is 1.31 bits per heavy atom. The summed E-state index contributed by atoms with van der Waals surface area (Å²) in [4.78, 5) is 4.25. The third-order valence-corrected chi connectivity index (χ3v) is 2.90. The number of halogens is 1. The highest BCUT2D eigenvalue weighted by Crippen LogP contribution is 2.31. The molecule has 4 heteroatoms. The van der Waals surface area contributed by atoms with Crippen molar-refractivity contribution in [3.05, 3.63) is 11.1 Å². The minimum absolute atomic E-state index is 0.378. The van der Waals surface area contributed by atoms with E-state index in [2.05, 4.69) is 10.1 Å². The van der Waals surface area contributed by atoms with Gasteiger partial charge in [-0.2, -0.15) is 0 Å². The fourth-order valence-electron chi connectivity index (χ4n) is 2.08. The molecule has 0 aliphatic heterocycles. The average molecular weight is 200 g/mol. The standard InChI is InChI=1S/C9H14ClN3/c1-13-8(11-9(10)12-13)7-5-3-2-4-6-7/h7H,2-6H2,1H3. The Bertz CT molecular complexity index is 289. The summed E-state index contributed by atoms with van der Waals surface area (Å²) < 4.78 is 1.82. The van der Waals surface area contributed by atoms with Crippen molar-refractivity contribution in [2.24, 2.45) is 7.05 Å². The molecule has 1 aliphatic rings. The first kappa shape index (κ1) is 9.00. The average Bonchev–Trinajstić information content (AvgIpc) is 2.47. The monoisotopic (exact) mass is 199 g/mol. The van der Waals surface area contributed by atoms with Gasteiger partial charge in [0.05, 0.1) is 0 Å². The lowest BCUT2D eigenvalue weighted by Crippen LogP contribution is -2.10. The van der Waals surface area contributed by atoms with Crippen molar-refractivity contribution in [1.82, 2.24) is 14.8 Å². The fourth-order valence-corrected chi connectivity index (χ4v) is 2.28. The van der Waals surface area contributed by atoms with E-state index in [0.29, 0.717) is 11.2 Å². The smallest absolute Gasteiger partial charge is 0.242 e. The molecule has 0 atom stereocenters. The van der Waals surface area contributed by atoms with E-state index < -0.39 is 0 Å². The fraction of sp³-hybridized carbons (Fsp3) is 0.778. The van der Waals surface area contributed by atoms with Crippen LogP contribution < -0.4 is 0 Å². The molecule has 2 rings (SSSR count). The summed E-state index contributed by atoms with van der Waals surface area (Å²) in [6.07, 6.45) is 6.47. The molecule has 0 amide bonds. The van der Waals surface area contributed by atoms with Crippen LogP contribution in [-0.2, 0) is 7.05 Å². The lowest BCUT2D eigenvalue weighted by molar-refractivity contribution is 0.417. The maximum absolute atomic E-state index is 5.74. The third-order valence-electron chi connectivity index (χ3n) is 2.74. The number of hydrogen-bond acceptors (Lipinski definition) is 2. The zero-order valence-corrected chi connectivity index (χ0v) is 8.59. The summed E-state index contributed by atoms with van der Waals surface area (Å²) in [5.41, 5.74) is 0. The molecule has 1 aromatic rings. The van der Waals surface area contributed by atoms with E-state index >= 15 is 0 Å². The normalized spacial score (nSPS) is 19.2. The Morgan fingerprint density at radius 2 is 2.00 bits per heavy atom. The predicted octanol–water partition coefficient (Wildman–Crippen LogP) is 2.52. The molecular formula is C9H14ClN3. The quantitative estimate of drug-likeness (QED) is 0.696. The molecule has 0 bridgehead atoms. The highest BCUT2D eigenvalue weighted by Gasteiger charge is 2.20. The summed E-state index contributed by atoms with van der Waals surface area (Å²) in [6.45, 7) is 0. The Morgan fingerprint density at radius 3 is 2.54 bits per heavy atom. The third kappa shape index (κ3) is 1.85. The van der Waals surface area contributed by atoms with Crippen LogP contribution in [0.5, 0.6) is 0 Å². The zero-order valence-electron chi connectivity index (χ0n) is 7.83. The highest BCUT2D eigenvalue weighted by atomic mass is 35.5. The zero-order chi connectivity index (χ0) is 9.26. The van der Waals surface area contributed by atoms with Crippen molar-refractivity contribution in [3.63, 3.8) is 0 Å². The van der Waals surface area contributed by atoms with E-state index in [1.54, 1.807) is 0 Å². The number of hydrogen-bond donors (Lipinski definition) is 0. The van der Waals surface area contributed by atoms with Gasteiger partial charge in [-0.25, -0.2) is 4.98 Å². The van der Waals surface area contributed by atoms with Gasteiger partial charge >= 0.3 is 0 Å². The molecule has 0 radical (unpaired) electrons. The Kier molecular flexibility index (Phi) is 2.54. The molecule has 1 fully saturated rings. The van der Waals surface area contributed by atoms with Crippen molar-refractivity contribution >= 4 is 11.6 Å². The van der Waals surface area contributed by atoms with E-state index in [0.717, 1.165) is 5.82 Å². The van der Waals surface area contributed by atoms with Crippen LogP contribution in [0.4, 0.5) is 0 Å². The molecule has 0 saturated heterocycles. The second kappa shape index (κ2) is 3.66. The van der Waals surface area contributed by atoms with Gasteiger partial charge in [-0.1, -0.05) is 19.3 Å². The Hall–Kier alpha value is -0.570. The van der Waals surface area contributed by atoms with Gasteiger partial charge in [-0.05, 0) is 24.4 Å². The van der Waals surface area contributed by atoms with Gasteiger partial charge in [0.2, 0.25) is 5.28 Å². The van der Waals surface area contributed by atoms with Gasteiger partial charge in [0.15, 0.2) is 0 Å². The first-order valence-corrected chi connectivity index (χ1v) is 5.21. The van der Waals surface area contributed by atoms with Crippen LogP contribution in [-0.4, -0.2) is 14.8 Å². The van der Waals surface area contributed by atoms with E-state index in [-0.39, 0.29) is 0 Å². The first-order valence-electron chi connectivity index (χ1n) is 4.84. The lowest BCUT2D eigenvalue weighted by atomic mass is 9.89. The minimum atomic E-state index is 0.378. The largest absolute Gasteiger partial charge is 0.251 e. The second-order valence-corrected chi connectivity index (χ2v) is 4.04. The molecule has 0 N–H and O–H groups in total. The molecule has 1 saturated carbocycles. The van der Waals surface area contributed by atoms with Crippen LogP contribution in [0.1, 0.15) is 43.8 Å². The van der Waals surface area contributed by atoms with E-state index in [9.17, 15) is 0 Å². The first-order chi connectivity index (χ1) is 6.27. The van der Waals surface area contributed by atoms with Crippen molar-refractivity contribution in [2.45, 2.75) is 38.0 Å². The molecule has 1 aromatic heterocycles. The van der Waals surface area contributed by atoms with Crippen LogP contribution in [0.25, 0.3) is 0 Å². The summed E-state index contributed by atoms with van der Waals surface area (Å²) in [5.74, 6) is 1.64. The van der Waals surface area contributed by atoms with Crippen LogP contribution in [0.2, 0.25) is 5.28 Å². The molecule has 1 aliphatic carbocycles. The highest BCUT2D eigenvalue weighted by molar-refractivity contribution is 6.28. The van der Waals surface area contributed by atoms with Gasteiger partial charge in [0.1, 0.15) is 5.82 Å². The maximum atomic E-state index is 5.74. The summed E-state index contributed by atoms with van der Waals surface area (Å²) in [6, 6.07) is 0. The molecule has 0 unspecified atom stereocenters. The van der Waals surface area contributed by atoms with E-state index in [1.807, 2.05) is 11.7 Å². The van der Waals surface area contributed by atoms with Crippen LogP contribution >= 0.6 is 11.6 Å². The molecule has 0 aromatic carbocycles. The van der Waals surface area contributed by atoms with E-state index in [1.165, 1.54) is 32.1 Å². The summed E-state index contributed by atoms with van der Waals surface area (Å²) >= 11 is 5.74. The van der Waals surface area contributed by atoms with Crippen LogP contribution in [0.15, 0.2) is 0 Å². The SMILES string of the molecule is Cn1nc(Cl)nc1C1CCCCC1. The molecule has 3 nitrogen and oxygen atoms in total. The minimum Gasteiger partial charge on any atom is -0.251 e. The Balaban J connectivity index is 2.18. The number of nitrogens with zero attached hydrogens (tertiary/aromatic N) is 3. The molecule has 1 heterocycles. The summed E-state index contributed by atoms with van der Waals surface area (Å²) in [7, 11) is 1.92. The Labute approximate surface area is 83.1 Å². The summed E-state index contributed by atoms with van der Waals surface area (Å²) in [5, 5.41) is 4.44. The number of aromatic nitrogens is 3. The van der Waals surface area contributed by atoms with E-state index in [4.69, 9.17) is 11.6 Å². The molecule has 0 spiro atoms. The predicted molar refractivity (Wildman–Crippen MR) is 51.8 cm³/mol. The van der Waals surface area contributed by atoms with Gasteiger partial charge in [0, 0.05) is 13.0 Å². The number of aryl methyl sites for hydroxylation is 1. The lowest BCUT2D eigenvalue weighted by Gasteiger charge is -2.19. The topological polar surface area (TPSA) is 30.7 Å². The van der Waals surface area contributed by atoms with Gasteiger partial charge in [-0.3, -0.25) is 4.68 Å². The van der Waals surface area contributed by atoms with Gasteiger partial charge < -0.3 is 0 Å². The van der Waals surface area contributed by atoms with Gasteiger partial charge in [-0.15, -0.1) is 5.10 Å². The van der Waals surface area contributed by atoms with Crippen molar-refractivity contribution < 1.29 is 0 Å².